The van der Waals surface area contributed by atoms with Crippen molar-refractivity contribution in [2.24, 2.45) is 11.7 Å². The number of aliphatic hydroxyl groups excluding tert-OH is 1. The third kappa shape index (κ3) is 2.45. The van der Waals surface area contributed by atoms with Gasteiger partial charge in [-0.05, 0) is 30.4 Å². The molecule has 1 saturated heterocycles. The highest BCUT2D eigenvalue weighted by molar-refractivity contribution is 5.59. The second kappa shape index (κ2) is 5.07. The average molecular weight is 234 g/mol. The molecule has 3 heteroatoms. The predicted octanol–water partition coefficient (Wildman–Crippen LogP) is 1.66. The summed E-state index contributed by atoms with van der Waals surface area (Å²) in [6.07, 6.45) is 0.691. The molecule has 2 rings (SSSR count). The highest BCUT2D eigenvalue weighted by atomic mass is 16.3. The van der Waals surface area contributed by atoms with E-state index in [2.05, 4.69) is 36.9 Å². The molecular weight excluding hydrogens is 212 g/mol. The lowest BCUT2D eigenvalue weighted by Gasteiger charge is -2.37. The molecule has 3 N–H and O–H groups in total. The largest absolute Gasteiger partial charge is 0.393 e. The van der Waals surface area contributed by atoms with E-state index in [1.54, 1.807) is 0 Å². The molecule has 1 aromatic carbocycles. The van der Waals surface area contributed by atoms with Crippen LogP contribution < -0.4 is 10.6 Å². The lowest BCUT2D eigenvalue weighted by molar-refractivity contribution is 0.0970. The van der Waals surface area contributed by atoms with Crippen molar-refractivity contribution >= 4 is 5.69 Å². The smallest absolute Gasteiger partial charge is 0.0599 e. The number of para-hydroxylation sites is 1. The number of rotatable bonds is 2. The molecule has 2 atom stereocenters. The molecular formula is C14H22N2O. The summed E-state index contributed by atoms with van der Waals surface area (Å²) in [4.78, 5) is 2.37. The van der Waals surface area contributed by atoms with Crippen LogP contribution in [0.5, 0.6) is 0 Å². The number of anilines is 1. The fourth-order valence-electron chi connectivity index (χ4n) is 2.67. The van der Waals surface area contributed by atoms with E-state index in [9.17, 15) is 5.11 Å². The summed E-state index contributed by atoms with van der Waals surface area (Å²) in [5.74, 6) is 0.328. The SMILES string of the molecule is Cc1cccc(CN)c1N1CCC(O)C(C)C1. The third-order valence-electron chi connectivity index (χ3n) is 3.72. The van der Waals surface area contributed by atoms with Gasteiger partial charge in [0.15, 0.2) is 0 Å². The molecule has 1 heterocycles. The monoisotopic (exact) mass is 234 g/mol. The van der Waals surface area contributed by atoms with Crippen LogP contribution in [-0.2, 0) is 6.54 Å². The molecule has 3 nitrogen and oxygen atoms in total. The highest BCUT2D eigenvalue weighted by Crippen LogP contribution is 2.29. The first kappa shape index (κ1) is 12.4. The maximum atomic E-state index is 9.79. The third-order valence-corrected chi connectivity index (χ3v) is 3.72. The minimum atomic E-state index is -0.156. The van der Waals surface area contributed by atoms with Crippen molar-refractivity contribution in [2.45, 2.75) is 32.9 Å². The van der Waals surface area contributed by atoms with E-state index in [4.69, 9.17) is 5.73 Å². The number of benzene rings is 1. The van der Waals surface area contributed by atoms with Crippen LogP contribution in [0.2, 0.25) is 0 Å². The first-order chi connectivity index (χ1) is 8.13. The van der Waals surface area contributed by atoms with Crippen molar-refractivity contribution < 1.29 is 5.11 Å². The van der Waals surface area contributed by atoms with Gasteiger partial charge in [-0.2, -0.15) is 0 Å². The van der Waals surface area contributed by atoms with Crippen molar-refractivity contribution in [1.82, 2.24) is 0 Å². The van der Waals surface area contributed by atoms with E-state index in [1.165, 1.54) is 16.8 Å². The zero-order chi connectivity index (χ0) is 12.4. The van der Waals surface area contributed by atoms with Crippen LogP contribution in [0.4, 0.5) is 5.69 Å². The fraction of sp³-hybridized carbons (Fsp3) is 0.571. The molecule has 1 aliphatic rings. The van der Waals surface area contributed by atoms with E-state index >= 15 is 0 Å². The summed E-state index contributed by atoms with van der Waals surface area (Å²) in [5, 5.41) is 9.79. The van der Waals surface area contributed by atoms with Crippen LogP contribution in [0.25, 0.3) is 0 Å². The van der Waals surface area contributed by atoms with Gasteiger partial charge in [-0.15, -0.1) is 0 Å². The first-order valence-electron chi connectivity index (χ1n) is 6.35. The summed E-state index contributed by atoms with van der Waals surface area (Å²) < 4.78 is 0. The highest BCUT2D eigenvalue weighted by Gasteiger charge is 2.25. The van der Waals surface area contributed by atoms with E-state index in [-0.39, 0.29) is 6.10 Å². The molecule has 17 heavy (non-hydrogen) atoms. The quantitative estimate of drug-likeness (QED) is 0.818. The molecule has 0 radical (unpaired) electrons. The average Bonchev–Trinajstić information content (AvgIpc) is 2.32. The van der Waals surface area contributed by atoms with E-state index in [1.807, 2.05) is 0 Å². The van der Waals surface area contributed by atoms with Gasteiger partial charge in [0.2, 0.25) is 0 Å². The standard InChI is InChI=1S/C14H22N2O/c1-10-4-3-5-12(8-15)14(10)16-7-6-13(17)11(2)9-16/h3-5,11,13,17H,6-9,15H2,1-2H3. The molecule has 0 spiro atoms. The number of hydrogen-bond acceptors (Lipinski definition) is 3. The Balaban J connectivity index is 2.28. The zero-order valence-corrected chi connectivity index (χ0v) is 10.7. The Hall–Kier alpha value is -1.06. The van der Waals surface area contributed by atoms with E-state index in [0.717, 1.165) is 19.5 Å². The van der Waals surface area contributed by atoms with Crippen LogP contribution in [0, 0.1) is 12.8 Å². The van der Waals surface area contributed by atoms with Crippen molar-refractivity contribution in [1.29, 1.82) is 0 Å². The van der Waals surface area contributed by atoms with Gasteiger partial charge in [-0.3, -0.25) is 0 Å². The van der Waals surface area contributed by atoms with Gasteiger partial charge < -0.3 is 15.7 Å². The Morgan fingerprint density at radius 1 is 1.47 bits per heavy atom. The summed E-state index contributed by atoms with van der Waals surface area (Å²) in [6, 6.07) is 6.28. The van der Waals surface area contributed by atoms with E-state index in [0.29, 0.717) is 12.5 Å². The van der Waals surface area contributed by atoms with Crippen LogP contribution in [-0.4, -0.2) is 24.3 Å². The Morgan fingerprint density at radius 3 is 2.88 bits per heavy atom. The molecule has 1 aliphatic heterocycles. The Bertz CT molecular complexity index is 392. The maximum absolute atomic E-state index is 9.79. The van der Waals surface area contributed by atoms with Crippen molar-refractivity contribution in [2.75, 3.05) is 18.0 Å². The molecule has 0 saturated carbocycles. The normalized spacial score (nSPS) is 25.1. The lowest BCUT2D eigenvalue weighted by atomic mass is 9.95. The van der Waals surface area contributed by atoms with Gasteiger partial charge in [-0.25, -0.2) is 0 Å². The number of aliphatic hydroxyl groups is 1. The number of hydrogen-bond donors (Lipinski definition) is 2. The summed E-state index contributed by atoms with van der Waals surface area (Å²) in [5.41, 5.74) is 9.56. The second-order valence-electron chi connectivity index (χ2n) is 5.07. The Labute approximate surface area is 103 Å². The van der Waals surface area contributed by atoms with Crippen LogP contribution >= 0.6 is 0 Å². The summed E-state index contributed by atoms with van der Waals surface area (Å²) in [7, 11) is 0. The van der Waals surface area contributed by atoms with Crippen LogP contribution in [0.15, 0.2) is 18.2 Å². The molecule has 0 aliphatic carbocycles. The Kier molecular flexibility index (Phi) is 3.69. The summed E-state index contributed by atoms with van der Waals surface area (Å²) >= 11 is 0. The van der Waals surface area contributed by atoms with E-state index < -0.39 is 0 Å². The molecule has 0 aromatic heterocycles. The van der Waals surface area contributed by atoms with Gasteiger partial charge in [0.1, 0.15) is 0 Å². The minimum absolute atomic E-state index is 0.156. The van der Waals surface area contributed by atoms with Gasteiger partial charge in [-0.1, -0.05) is 25.1 Å². The molecule has 94 valence electrons. The van der Waals surface area contributed by atoms with Gasteiger partial charge >= 0.3 is 0 Å². The number of piperidine rings is 1. The zero-order valence-electron chi connectivity index (χ0n) is 10.7. The minimum Gasteiger partial charge on any atom is -0.393 e. The van der Waals surface area contributed by atoms with Crippen molar-refractivity contribution in [3.63, 3.8) is 0 Å². The van der Waals surface area contributed by atoms with Gasteiger partial charge in [0.05, 0.1) is 6.10 Å². The van der Waals surface area contributed by atoms with Crippen LogP contribution in [0.1, 0.15) is 24.5 Å². The molecule has 1 fully saturated rings. The molecule has 1 aromatic rings. The number of nitrogens with two attached hydrogens (primary N) is 1. The van der Waals surface area contributed by atoms with Gasteiger partial charge in [0.25, 0.3) is 0 Å². The topological polar surface area (TPSA) is 49.5 Å². The van der Waals surface area contributed by atoms with Crippen LogP contribution in [0.3, 0.4) is 0 Å². The first-order valence-corrected chi connectivity index (χ1v) is 6.35. The Morgan fingerprint density at radius 2 is 2.24 bits per heavy atom. The lowest BCUT2D eigenvalue weighted by Crippen LogP contribution is -2.42. The molecule has 0 amide bonds. The predicted molar refractivity (Wildman–Crippen MR) is 71.1 cm³/mol. The number of aryl methyl sites for hydroxylation is 1. The van der Waals surface area contributed by atoms with Gasteiger partial charge in [0, 0.05) is 25.3 Å². The van der Waals surface area contributed by atoms with Crippen molar-refractivity contribution in [3.8, 4) is 0 Å². The molecule has 0 bridgehead atoms. The number of nitrogens with zero attached hydrogens (tertiary/aromatic N) is 1. The molecule has 2 unspecified atom stereocenters. The summed E-state index contributed by atoms with van der Waals surface area (Å²) in [6.45, 7) is 6.65. The fourth-order valence-corrected chi connectivity index (χ4v) is 2.67. The maximum Gasteiger partial charge on any atom is 0.0599 e. The van der Waals surface area contributed by atoms with Crippen molar-refractivity contribution in [3.05, 3.63) is 29.3 Å². The second-order valence-corrected chi connectivity index (χ2v) is 5.07.